The van der Waals surface area contributed by atoms with Crippen LogP contribution in [0.3, 0.4) is 0 Å². The molecule has 1 N–H and O–H groups in total. The van der Waals surface area contributed by atoms with E-state index in [1.165, 1.54) is 24.3 Å². The highest BCUT2D eigenvalue weighted by molar-refractivity contribution is 7.89. The smallest absolute Gasteiger partial charge is 0.243 e. The molecule has 0 atom stereocenters. The number of carbonyl (C=O) groups excluding carboxylic acids is 1. The zero-order valence-corrected chi connectivity index (χ0v) is 18.2. The molecular weight excluding hydrogens is 445 g/mol. The zero-order valence-electron chi connectivity index (χ0n) is 15.8. The van der Waals surface area contributed by atoms with Crippen molar-refractivity contribution in [1.82, 2.24) is 14.6 Å². The van der Waals surface area contributed by atoms with E-state index in [1.54, 1.807) is 42.6 Å². The van der Waals surface area contributed by atoms with E-state index < -0.39 is 15.9 Å². The summed E-state index contributed by atoms with van der Waals surface area (Å²) in [7, 11) is -3.95. The van der Waals surface area contributed by atoms with E-state index in [2.05, 4.69) is 10.3 Å². The van der Waals surface area contributed by atoms with Gasteiger partial charge in [-0.15, -0.1) is 0 Å². The van der Waals surface area contributed by atoms with Gasteiger partial charge in [0, 0.05) is 22.8 Å². The first kappa shape index (κ1) is 22.2. The van der Waals surface area contributed by atoms with Crippen molar-refractivity contribution in [3.8, 4) is 0 Å². The maximum Gasteiger partial charge on any atom is 0.243 e. The molecule has 0 saturated heterocycles. The van der Waals surface area contributed by atoms with Crippen LogP contribution in [0.25, 0.3) is 0 Å². The monoisotopic (exact) mass is 463 g/mol. The first-order valence-corrected chi connectivity index (χ1v) is 11.2. The molecule has 0 bridgehead atoms. The van der Waals surface area contributed by atoms with Crippen LogP contribution < -0.4 is 5.32 Å². The molecule has 1 heterocycles. The fraction of sp³-hybridized carbons (Fsp3) is 0.143. The number of nitrogens with zero attached hydrogens (tertiary/aromatic N) is 2. The Morgan fingerprint density at radius 1 is 0.967 bits per heavy atom. The van der Waals surface area contributed by atoms with E-state index in [4.69, 9.17) is 23.2 Å². The number of sulfonamides is 1. The molecule has 0 saturated carbocycles. The lowest BCUT2D eigenvalue weighted by atomic mass is 10.2. The third-order valence-corrected chi connectivity index (χ3v) is 6.51. The summed E-state index contributed by atoms with van der Waals surface area (Å²) in [6.07, 6.45) is 1.62. The van der Waals surface area contributed by atoms with Gasteiger partial charge < -0.3 is 5.32 Å². The maximum absolute atomic E-state index is 13.2. The first-order chi connectivity index (χ1) is 14.3. The molecule has 0 unspecified atom stereocenters. The second-order valence-corrected chi connectivity index (χ2v) is 9.27. The van der Waals surface area contributed by atoms with Crippen LogP contribution in [0.2, 0.25) is 10.0 Å². The minimum atomic E-state index is -3.95. The summed E-state index contributed by atoms with van der Waals surface area (Å²) in [5, 5.41) is 3.61. The van der Waals surface area contributed by atoms with Gasteiger partial charge in [-0.05, 0) is 54.1 Å². The number of hydrogen-bond acceptors (Lipinski definition) is 4. The van der Waals surface area contributed by atoms with Crippen LogP contribution in [0.5, 0.6) is 0 Å². The Labute approximate surface area is 185 Å². The highest BCUT2D eigenvalue weighted by atomic mass is 35.5. The standard InChI is InChI=1S/C21H19Cl2N3O3S/c22-17-7-9-20(10-8-17)30(28,29)26(14-16-4-3-5-18(23)12-16)15-21(27)25-13-19-6-1-2-11-24-19/h1-12H,13-15H2,(H,25,27). The van der Waals surface area contributed by atoms with Crippen molar-refractivity contribution in [2.24, 2.45) is 0 Å². The van der Waals surface area contributed by atoms with Gasteiger partial charge in [-0.2, -0.15) is 4.31 Å². The second-order valence-electron chi connectivity index (χ2n) is 6.45. The van der Waals surface area contributed by atoms with Crippen molar-refractivity contribution in [1.29, 1.82) is 0 Å². The van der Waals surface area contributed by atoms with Gasteiger partial charge in [0.2, 0.25) is 15.9 Å². The Morgan fingerprint density at radius 2 is 1.73 bits per heavy atom. The lowest BCUT2D eigenvalue weighted by molar-refractivity contribution is -0.121. The predicted octanol–water partition coefficient (Wildman–Crippen LogP) is 3.90. The zero-order chi connectivity index (χ0) is 21.6. The van der Waals surface area contributed by atoms with Crippen molar-refractivity contribution in [2.75, 3.05) is 6.54 Å². The van der Waals surface area contributed by atoms with Crippen LogP contribution in [0.1, 0.15) is 11.3 Å². The molecule has 1 aromatic heterocycles. The number of halogens is 2. The number of pyridine rings is 1. The molecule has 0 aliphatic heterocycles. The quantitative estimate of drug-likeness (QED) is 0.549. The lowest BCUT2D eigenvalue weighted by Gasteiger charge is -2.22. The van der Waals surface area contributed by atoms with E-state index in [0.29, 0.717) is 21.3 Å². The molecule has 3 rings (SSSR count). The summed E-state index contributed by atoms with van der Waals surface area (Å²) in [5.41, 5.74) is 1.34. The summed E-state index contributed by atoms with van der Waals surface area (Å²) in [4.78, 5) is 16.7. The van der Waals surface area contributed by atoms with Gasteiger partial charge in [-0.25, -0.2) is 8.42 Å². The average molecular weight is 464 g/mol. The van der Waals surface area contributed by atoms with Crippen molar-refractivity contribution in [3.05, 3.63) is 94.2 Å². The van der Waals surface area contributed by atoms with Crippen LogP contribution in [0.4, 0.5) is 0 Å². The van der Waals surface area contributed by atoms with Gasteiger partial charge in [-0.3, -0.25) is 9.78 Å². The molecule has 0 aliphatic rings. The number of benzene rings is 2. The molecule has 1 amide bonds. The second kappa shape index (κ2) is 10.0. The SMILES string of the molecule is O=C(CN(Cc1cccc(Cl)c1)S(=O)(=O)c1ccc(Cl)cc1)NCc1ccccn1. The van der Waals surface area contributed by atoms with E-state index in [-0.39, 0.29) is 24.5 Å². The van der Waals surface area contributed by atoms with Gasteiger partial charge in [0.1, 0.15) is 0 Å². The molecule has 0 spiro atoms. The Bertz CT molecular complexity index is 1110. The molecule has 9 heteroatoms. The average Bonchev–Trinajstić information content (AvgIpc) is 2.73. The van der Waals surface area contributed by atoms with Crippen LogP contribution in [0, 0.1) is 0 Å². The number of nitrogens with one attached hydrogen (secondary N) is 1. The Morgan fingerprint density at radius 3 is 2.40 bits per heavy atom. The molecular formula is C21H19Cl2N3O3S. The Hall–Kier alpha value is -2.45. The topological polar surface area (TPSA) is 79.4 Å². The van der Waals surface area contributed by atoms with Crippen molar-refractivity contribution >= 4 is 39.1 Å². The molecule has 0 aliphatic carbocycles. The van der Waals surface area contributed by atoms with E-state index in [0.717, 1.165) is 4.31 Å². The Balaban J connectivity index is 1.81. The molecule has 156 valence electrons. The molecule has 0 radical (unpaired) electrons. The minimum Gasteiger partial charge on any atom is -0.349 e. The van der Waals surface area contributed by atoms with Gasteiger partial charge >= 0.3 is 0 Å². The van der Waals surface area contributed by atoms with Crippen LogP contribution >= 0.6 is 23.2 Å². The fourth-order valence-electron chi connectivity index (χ4n) is 2.73. The largest absolute Gasteiger partial charge is 0.349 e. The summed E-state index contributed by atoms with van der Waals surface area (Å²) in [5.74, 6) is -0.444. The molecule has 2 aromatic carbocycles. The first-order valence-electron chi connectivity index (χ1n) is 9.01. The normalized spacial score (nSPS) is 11.4. The third kappa shape index (κ3) is 6.03. The molecule has 0 fully saturated rings. The number of amides is 1. The summed E-state index contributed by atoms with van der Waals surface area (Å²) in [6, 6.07) is 18.0. The van der Waals surface area contributed by atoms with Gasteiger partial charge in [0.15, 0.2) is 0 Å². The Kier molecular flexibility index (Phi) is 7.44. The summed E-state index contributed by atoms with van der Waals surface area (Å²) < 4.78 is 27.5. The highest BCUT2D eigenvalue weighted by Gasteiger charge is 2.27. The summed E-state index contributed by atoms with van der Waals surface area (Å²) in [6.45, 7) is -0.168. The molecule has 30 heavy (non-hydrogen) atoms. The van der Waals surface area contributed by atoms with Crippen LogP contribution in [-0.2, 0) is 27.9 Å². The number of hydrogen-bond donors (Lipinski definition) is 1. The third-order valence-electron chi connectivity index (χ3n) is 4.21. The highest BCUT2D eigenvalue weighted by Crippen LogP contribution is 2.21. The van der Waals surface area contributed by atoms with Gasteiger partial charge in [0.05, 0.1) is 23.7 Å². The lowest BCUT2D eigenvalue weighted by Crippen LogP contribution is -2.40. The van der Waals surface area contributed by atoms with Crippen LogP contribution in [0.15, 0.2) is 77.8 Å². The molecule has 3 aromatic rings. The van der Waals surface area contributed by atoms with Crippen molar-refractivity contribution in [2.45, 2.75) is 18.0 Å². The van der Waals surface area contributed by atoms with E-state index in [1.807, 2.05) is 6.07 Å². The predicted molar refractivity (Wildman–Crippen MR) is 117 cm³/mol. The molecule has 6 nitrogen and oxygen atoms in total. The number of carbonyl (C=O) groups is 1. The minimum absolute atomic E-state index is 0.0114. The number of rotatable bonds is 8. The summed E-state index contributed by atoms with van der Waals surface area (Å²) >= 11 is 11.9. The van der Waals surface area contributed by atoms with E-state index >= 15 is 0 Å². The van der Waals surface area contributed by atoms with Gasteiger partial charge in [0.25, 0.3) is 0 Å². The van der Waals surface area contributed by atoms with E-state index in [9.17, 15) is 13.2 Å². The maximum atomic E-state index is 13.2. The van der Waals surface area contributed by atoms with Crippen molar-refractivity contribution < 1.29 is 13.2 Å². The number of aromatic nitrogens is 1. The van der Waals surface area contributed by atoms with Gasteiger partial charge in [-0.1, -0.05) is 41.4 Å². The van der Waals surface area contributed by atoms with Crippen LogP contribution in [-0.4, -0.2) is 30.2 Å². The van der Waals surface area contributed by atoms with Crippen molar-refractivity contribution in [3.63, 3.8) is 0 Å². The fourth-order valence-corrected chi connectivity index (χ4v) is 4.45.